The van der Waals surface area contributed by atoms with Gasteiger partial charge >= 0.3 is 11.5 Å². The van der Waals surface area contributed by atoms with Gasteiger partial charge in [0.05, 0.1) is 11.7 Å². The molecule has 0 saturated carbocycles. The molecule has 8 heteroatoms. The van der Waals surface area contributed by atoms with Crippen molar-refractivity contribution in [2.24, 2.45) is 0 Å². The van der Waals surface area contributed by atoms with E-state index in [4.69, 9.17) is 5.11 Å². The number of carboxylic acids is 1. The molecule has 1 N–H and O–H groups in total. The quantitative estimate of drug-likeness (QED) is 0.925. The largest absolute Gasteiger partial charge is 0.497 e. The first-order valence-corrected chi connectivity index (χ1v) is 6.81. The molecule has 4 nitrogen and oxygen atoms in total. The Morgan fingerprint density at radius 2 is 1.84 bits per heavy atom. The number of benzene rings is 1. The second-order valence-corrected chi connectivity index (χ2v) is 5.94. The van der Waals surface area contributed by atoms with Crippen LogP contribution in [0.3, 0.4) is 0 Å². The van der Waals surface area contributed by atoms with Crippen molar-refractivity contribution >= 4 is 15.8 Å². The van der Waals surface area contributed by atoms with Gasteiger partial charge in [-0.2, -0.15) is 13.2 Å². The summed E-state index contributed by atoms with van der Waals surface area (Å²) in [4.78, 5) is 10.8. The summed E-state index contributed by atoms with van der Waals surface area (Å²) in [5, 5.41) is 8.85. The predicted molar refractivity (Wildman–Crippen MR) is 61.2 cm³/mol. The molecule has 0 aliphatic carbocycles. The third-order valence-corrected chi connectivity index (χ3v) is 3.99. The first-order valence-electron chi connectivity index (χ1n) is 5.16. The maximum atomic E-state index is 12.3. The van der Waals surface area contributed by atoms with Crippen molar-refractivity contribution in [2.75, 3.05) is 0 Å². The molecule has 1 rings (SSSR count). The molecule has 0 fully saturated rings. The van der Waals surface area contributed by atoms with Gasteiger partial charge in [-0.1, -0.05) is 24.3 Å². The summed E-state index contributed by atoms with van der Waals surface area (Å²) in [5.41, 5.74) is -5.45. The van der Waals surface area contributed by atoms with Crippen molar-refractivity contribution in [1.29, 1.82) is 0 Å². The van der Waals surface area contributed by atoms with Crippen LogP contribution in [-0.2, 0) is 20.4 Å². The van der Waals surface area contributed by atoms with Gasteiger partial charge in [0.25, 0.3) is 9.84 Å². The normalized spacial score (nSPS) is 14.1. The van der Waals surface area contributed by atoms with Crippen LogP contribution in [0, 0.1) is 0 Å². The Bertz CT molecular complexity index is 578. The van der Waals surface area contributed by atoms with E-state index in [0.717, 1.165) is 0 Å². The van der Waals surface area contributed by atoms with Crippen LogP contribution in [-0.4, -0.2) is 25.0 Å². The number of alkyl halides is 3. The van der Waals surface area contributed by atoms with Crippen LogP contribution >= 0.6 is 0 Å². The molecule has 106 valence electrons. The number of aliphatic carboxylic acids is 1. The number of hydrogen-bond acceptors (Lipinski definition) is 3. The van der Waals surface area contributed by atoms with E-state index in [1.54, 1.807) is 0 Å². The predicted octanol–water partition coefficient (Wildman–Crippen LogP) is 2.31. The zero-order valence-corrected chi connectivity index (χ0v) is 10.6. The fourth-order valence-electron chi connectivity index (χ4n) is 1.51. The lowest BCUT2D eigenvalue weighted by Gasteiger charge is -2.14. The highest BCUT2D eigenvalue weighted by Crippen LogP contribution is 2.29. The van der Waals surface area contributed by atoms with Gasteiger partial charge in [0, 0.05) is 0 Å². The molecule has 0 bridgehead atoms. The average molecular weight is 296 g/mol. The first kappa shape index (κ1) is 15.5. The third kappa shape index (κ3) is 3.46. The van der Waals surface area contributed by atoms with Crippen LogP contribution in [0.5, 0.6) is 0 Å². The fourth-order valence-corrected chi connectivity index (χ4v) is 2.34. The van der Waals surface area contributed by atoms with E-state index in [2.05, 4.69) is 0 Å². The minimum absolute atomic E-state index is 0.0582. The first-order chi connectivity index (χ1) is 8.56. The molecule has 19 heavy (non-hydrogen) atoms. The van der Waals surface area contributed by atoms with E-state index in [0.29, 0.717) is 0 Å². The average Bonchev–Trinajstić information content (AvgIpc) is 2.26. The standard InChI is InChI=1S/C11H11F3O4S/c1-7(10(15)16)9-5-3-2-4-8(9)6-19(17,18)11(12,13)14/h2-5,7H,6H2,1H3,(H,15,16)/t7-/m1/s1. The number of sulfone groups is 1. The molecular formula is C11H11F3O4S. The van der Waals surface area contributed by atoms with Crippen molar-refractivity contribution in [3.63, 3.8) is 0 Å². The highest BCUT2D eigenvalue weighted by molar-refractivity contribution is 7.91. The number of halogens is 3. The maximum Gasteiger partial charge on any atom is 0.497 e. The molecule has 0 unspecified atom stereocenters. The van der Waals surface area contributed by atoms with E-state index in [1.165, 1.54) is 31.2 Å². The molecule has 0 aliphatic rings. The zero-order valence-electron chi connectivity index (χ0n) is 9.81. The van der Waals surface area contributed by atoms with E-state index >= 15 is 0 Å². The van der Waals surface area contributed by atoms with Crippen molar-refractivity contribution in [1.82, 2.24) is 0 Å². The van der Waals surface area contributed by atoms with Crippen LogP contribution in [0.4, 0.5) is 13.2 Å². The zero-order chi connectivity index (χ0) is 14.8. The fraction of sp³-hybridized carbons (Fsp3) is 0.364. The Morgan fingerprint density at radius 3 is 2.32 bits per heavy atom. The SMILES string of the molecule is C[C@@H](C(=O)O)c1ccccc1CS(=O)(=O)C(F)(F)F. The second kappa shape index (κ2) is 5.20. The molecule has 0 aliphatic heterocycles. The molecule has 1 atom stereocenters. The van der Waals surface area contributed by atoms with Gasteiger partial charge in [-0.3, -0.25) is 4.79 Å². The number of carbonyl (C=O) groups is 1. The summed E-state index contributed by atoms with van der Waals surface area (Å²) in [6.07, 6.45) is 0. The Morgan fingerprint density at radius 1 is 1.32 bits per heavy atom. The van der Waals surface area contributed by atoms with Gasteiger partial charge in [-0.15, -0.1) is 0 Å². The topological polar surface area (TPSA) is 71.4 Å². The summed E-state index contributed by atoms with van der Waals surface area (Å²) in [7, 11) is -5.33. The second-order valence-electron chi connectivity index (χ2n) is 3.96. The van der Waals surface area contributed by atoms with Gasteiger partial charge in [0.2, 0.25) is 0 Å². The lowest BCUT2D eigenvalue weighted by Crippen LogP contribution is -2.25. The monoisotopic (exact) mass is 296 g/mol. The van der Waals surface area contributed by atoms with Crippen LogP contribution < -0.4 is 0 Å². The summed E-state index contributed by atoms with van der Waals surface area (Å²) >= 11 is 0. The molecular weight excluding hydrogens is 285 g/mol. The van der Waals surface area contributed by atoms with Crippen LogP contribution in [0.15, 0.2) is 24.3 Å². The van der Waals surface area contributed by atoms with Crippen LogP contribution in [0.2, 0.25) is 0 Å². The summed E-state index contributed by atoms with van der Waals surface area (Å²) in [5.74, 6) is -3.58. The Kier molecular flexibility index (Phi) is 4.24. The van der Waals surface area contributed by atoms with E-state index in [-0.39, 0.29) is 11.1 Å². The van der Waals surface area contributed by atoms with Gasteiger partial charge in [-0.05, 0) is 18.1 Å². The molecule has 0 saturated heterocycles. The lowest BCUT2D eigenvalue weighted by atomic mass is 9.97. The number of hydrogen-bond donors (Lipinski definition) is 1. The van der Waals surface area contributed by atoms with Crippen LogP contribution in [0.25, 0.3) is 0 Å². The Hall–Kier alpha value is -1.57. The van der Waals surface area contributed by atoms with E-state index in [9.17, 15) is 26.4 Å². The van der Waals surface area contributed by atoms with Crippen molar-refractivity contribution < 1.29 is 31.5 Å². The summed E-state index contributed by atoms with van der Waals surface area (Å²) in [6, 6.07) is 5.29. The van der Waals surface area contributed by atoms with Crippen LogP contribution in [0.1, 0.15) is 24.0 Å². The summed E-state index contributed by atoms with van der Waals surface area (Å²) < 4.78 is 59.1. The minimum atomic E-state index is -5.35. The lowest BCUT2D eigenvalue weighted by molar-refractivity contribution is -0.138. The molecule has 0 radical (unpaired) electrons. The van der Waals surface area contributed by atoms with Gasteiger partial charge in [-0.25, -0.2) is 8.42 Å². The molecule has 0 spiro atoms. The third-order valence-electron chi connectivity index (χ3n) is 2.59. The molecule has 1 aromatic carbocycles. The molecule has 0 aromatic heterocycles. The Balaban J connectivity index is 3.20. The highest BCUT2D eigenvalue weighted by atomic mass is 32.2. The smallest absolute Gasteiger partial charge is 0.481 e. The van der Waals surface area contributed by atoms with E-state index < -0.39 is 33.0 Å². The van der Waals surface area contributed by atoms with Crippen molar-refractivity contribution in [2.45, 2.75) is 24.1 Å². The maximum absolute atomic E-state index is 12.3. The van der Waals surface area contributed by atoms with Crippen molar-refractivity contribution in [3.05, 3.63) is 35.4 Å². The minimum Gasteiger partial charge on any atom is -0.481 e. The van der Waals surface area contributed by atoms with Crippen molar-refractivity contribution in [3.8, 4) is 0 Å². The van der Waals surface area contributed by atoms with Gasteiger partial charge in [0.1, 0.15) is 0 Å². The van der Waals surface area contributed by atoms with Gasteiger partial charge < -0.3 is 5.11 Å². The molecule has 1 aromatic rings. The number of carboxylic acid groups (broad SMARTS) is 1. The summed E-state index contributed by atoms with van der Waals surface area (Å²) in [6.45, 7) is 1.28. The van der Waals surface area contributed by atoms with Gasteiger partial charge in [0.15, 0.2) is 0 Å². The number of rotatable bonds is 4. The van der Waals surface area contributed by atoms with E-state index in [1.807, 2.05) is 0 Å². The Labute approximate surface area is 107 Å². The molecule has 0 heterocycles. The molecule has 0 amide bonds. The highest BCUT2D eigenvalue weighted by Gasteiger charge is 2.45.